The van der Waals surface area contributed by atoms with Crippen LogP contribution in [0.4, 0.5) is 0 Å². The largest absolute Gasteiger partial charge is 0.357 e. The minimum Gasteiger partial charge on any atom is -0.357 e. The molecule has 3 N–H and O–H groups in total. The molecule has 0 saturated heterocycles. The summed E-state index contributed by atoms with van der Waals surface area (Å²) >= 11 is 0. The van der Waals surface area contributed by atoms with Crippen LogP contribution in [0.15, 0.2) is 53.5 Å². The monoisotopic (exact) mass is 286 g/mol. The van der Waals surface area contributed by atoms with Crippen molar-refractivity contribution in [3.8, 4) is 0 Å². The van der Waals surface area contributed by atoms with Gasteiger partial charge in [-0.05, 0) is 54.6 Å². The van der Waals surface area contributed by atoms with Gasteiger partial charge in [-0.3, -0.25) is 4.99 Å². The molecule has 0 saturated carbocycles. The summed E-state index contributed by atoms with van der Waals surface area (Å²) in [5, 5.41) is 4.29. The van der Waals surface area contributed by atoms with Crippen LogP contribution < -0.4 is 10.7 Å². The number of hydrogen-bond acceptors (Lipinski definition) is 1. The molecule has 106 valence electrons. The SMILES string of the molecule is C1=CC2N=C1C=c1ccc([nH]1)=c1cc/c([nH]1)=C/c1ccc2[nH]1. The smallest absolute Gasteiger partial charge is 0.109 e. The summed E-state index contributed by atoms with van der Waals surface area (Å²) in [4.78, 5) is 15.0. The van der Waals surface area contributed by atoms with E-state index in [-0.39, 0.29) is 6.04 Å². The number of nitrogens with one attached hydrogen (secondary N) is 3. The van der Waals surface area contributed by atoms with Crippen LogP contribution in [0.25, 0.3) is 12.2 Å². The second kappa shape index (κ2) is 4.24. The van der Waals surface area contributed by atoms with Crippen LogP contribution in [0.1, 0.15) is 17.4 Å². The van der Waals surface area contributed by atoms with Gasteiger partial charge in [0.05, 0.1) is 16.4 Å². The third-order valence-electron chi connectivity index (χ3n) is 4.11. The van der Waals surface area contributed by atoms with Gasteiger partial charge >= 0.3 is 0 Å². The number of nitrogens with zero attached hydrogens (tertiary/aromatic N) is 1. The summed E-state index contributed by atoms with van der Waals surface area (Å²) in [5.41, 5.74) is 3.18. The second-order valence-electron chi connectivity index (χ2n) is 5.67. The number of aliphatic imine (C=N–C) groups is 1. The molecular weight excluding hydrogens is 272 g/mol. The number of hydrogen-bond donors (Lipinski definition) is 3. The fourth-order valence-electron chi connectivity index (χ4n) is 3.01. The molecule has 0 radical (unpaired) electrons. The molecule has 2 aliphatic heterocycles. The predicted octanol–water partition coefficient (Wildman–Crippen LogP) is 1.63. The average Bonchev–Trinajstić information content (AvgIpc) is 3.24. The van der Waals surface area contributed by atoms with Gasteiger partial charge in [-0.1, -0.05) is 6.08 Å². The lowest BCUT2D eigenvalue weighted by Gasteiger charge is -2.00. The summed E-state index contributed by atoms with van der Waals surface area (Å²) in [6, 6.07) is 12.6. The van der Waals surface area contributed by atoms with Crippen LogP contribution >= 0.6 is 0 Å². The van der Waals surface area contributed by atoms with E-state index in [1.807, 2.05) is 0 Å². The van der Waals surface area contributed by atoms with Gasteiger partial charge in [-0.15, -0.1) is 0 Å². The molecule has 1 atom stereocenters. The molecule has 4 heteroatoms. The first-order valence-corrected chi connectivity index (χ1v) is 7.36. The van der Waals surface area contributed by atoms with Crippen LogP contribution in [0.3, 0.4) is 0 Å². The third-order valence-corrected chi connectivity index (χ3v) is 4.11. The highest BCUT2D eigenvalue weighted by molar-refractivity contribution is 6.18. The summed E-state index contributed by atoms with van der Waals surface area (Å²) in [6.45, 7) is 0. The minimum absolute atomic E-state index is 0.0741. The molecule has 0 amide bonds. The van der Waals surface area contributed by atoms with Gasteiger partial charge in [-0.25, -0.2) is 0 Å². The van der Waals surface area contributed by atoms with Crippen LogP contribution in [-0.2, 0) is 0 Å². The Balaban J connectivity index is 1.88. The Labute approximate surface area is 125 Å². The number of aromatic nitrogens is 3. The Bertz CT molecular complexity index is 1130. The minimum atomic E-state index is 0.0741. The highest BCUT2D eigenvalue weighted by atomic mass is 14.9. The molecule has 5 heterocycles. The van der Waals surface area contributed by atoms with Crippen molar-refractivity contribution in [3.63, 3.8) is 0 Å². The Morgan fingerprint density at radius 3 is 2.36 bits per heavy atom. The maximum Gasteiger partial charge on any atom is 0.109 e. The van der Waals surface area contributed by atoms with E-state index < -0.39 is 0 Å². The molecule has 8 bridgehead atoms. The number of aromatic amines is 3. The van der Waals surface area contributed by atoms with E-state index in [0.29, 0.717) is 0 Å². The van der Waals surface area contributed by atoms with Crippen molar-refractivity contribution < 1.29 is 0 Å². The molecular formula is C18H14N4. The van der Waals surface area contributed by atoms with Gasteiger partial charge in [0.15, 0.2) is 0 Å². The fourth-order valence-corrected chi connectivity index (χ4v) is 3.01. The summed E-state index contributed by atoms with van der Waals surface area (Å²) in [6.07, 6.45) is 8.38. The van der Waals surface area contributed by atoms with Gasteiger partial charge in [0.2, 0.25) is 0 Å². The zero-order chi connectivity index (χ0) is 14.5. The first-order chi connectivity index (χ1) is 10.8. The van der Waals surface area contributed by atoms with E-state index in [9.17, 15) is 0 Å². The van der Waals surface area contributed by atoms with Crippen molar-refractivity contribution in [2.24, 2.45) is 4.99 Å². The van der Waals surface area contributed by atoms with Crippen LogP contribution in [-0.4, -0.2) is 20.7 Å². The zero-order valence-electron chi connectivity index (χ0n) is 11.8. The second-order valence-corrected chi connectivity index (χ2v) is 5.67. The number of H-pyrrole nitrogens is 3. The van der Waals surface area contributed by atoms with Crippen LogP contribution in [0.2, 0.25) is 0 Å². The number of fused-ring (bicyclic) bond motifs is 8. The number of rotatable bonds is 0. The van der Waals surface area contributed by atoms with Crippen molar-refractivity contribution >= 4 is 17.9 Å². The molecule has 0 aliphatic carbocycles. The average molecular weight is 286 g/mol. The van der Waals surface area contributed by atoms with Gasteiger partial charge in [-0.2, -0.15) is 0 Å². The van der Waals surface area contributed by atoms with E-state index in [0.717, 1.165) is 38.5 Å². The van der Waals surface area contributed by atoms with Gasteiger partial charge in [0.1, 0.15) is 6.04 Å². The maximum absolute atomic E-state index is 4.75. The highest BCUT2D eigenvalue weighted by Crippen LogP contribution is 2.23. The first-order valence-electron chi connectivity index (χ1n) is 7.36. The Morgan fingerprint density at radius 2 is 1.55 bits per heavy atom. The molecule has 3 aromatic rings. The van der Waals surface area contributed by atoms with E-state index in [2.05, 4.69) is 75.7 Å². The molecule has 3 aromatic heterocycles. The Morgan fingerprint density at radius 1 is 0.773 bits per heavy atom. The van der Waals surface area contributed by atoms with Crippen molar-refractivity contribution in [1.82, 2.24) is 15.0 Å². The van der Waals surface area contributed by atoms with E-state index in [1.165, 1.54) is 0 Å². The van der Waals surface area contributed by atoms with Crippen molar-refractivity contribution in [1.29, 1.82) is 0 Å². The Kier molecular flexibility index (Phi) is 2.24. The lowest BCUT2D eigenvalue weighted by molar-refractivity contribution is 0.891. The standard InChI is InChI=1S/C18H14N4/c1-5-15-16-6-3-13(21-16)10-14-4-8-18(22-14)17-7-2-12(20-17)9-11(1)19-15/h1-10,15,20-22H/b12-9?,14-10-,18-17?. The molecule has 5 rings (SSSR count). The lowest BCUT2D eigenvalue weighted by Crippen LogP contribution is -2.04. The van der Waals surface area contributed by atoms with Gasteiger partial charge < -0.3 is 15.0 Å². The van der Waals surface area contributed by atoms with E-state index in [4.69, 9.17) is 4.99 Å². The molecule has 1 unspecified atom stereocenters. The highest BCUT2D eigenvalue weighted by Gasteiger charge is 2.13. The molecule has 4 nitrogen and oxygen atoms in total. The number of allylic oxidation sites excluding steroid dienone is 1. The quantitative estimate of drug-likeness (QED) is 0.563. The summed E-state index contributed by atoms with van der Waals surface area (Å²) in [5.74, 6) is 0. The molecule has 0 aromatic carbocycles. The van der Waals surface area contributed by atoms with E-state index >= 15 is 0 Å². The predicted molar refractivity (Wildman–Crippen MR) is 86.6 cm³/mol. The maximum atomic E-state index is 4.75. The fraction of sp³-hybridized carbons (Fsp3) is 0.0556. The van der Waals surface area contributed by atoms with Crippen molar-refractivity contribution in [2.45, 2.75) is 6.04 Å². The molecule has 0 fully saturated rings. The normalized spacial score (nSPS) is 19.9. The first kappa shape index (κ1) is 11.6. The van der Waals surface area contributed by atoms with Crippen molar-refractivity contribution in [3.05, 3.63) is 81.3 Å². The van der Waals surface area contributed by atoms with Crippen LogP contribution in [0.5, 0.6) is 0 Å². The molecule has 0 spiro atoms. The summed E-state index contributed by atoms with van der Waals surface area (Å²) in [7, 11) is 0. The van der Waals surface area contributed by atoms with E-state index in [1.54, 1.807) is 0 Å². The van der Waals surface area contributed by atoms with Gasteiger partial charge in [0, 0.05) is 22.1 Å². The molecule has 2 aliphatic rings. The van der Waals surface area contributed by atoms with Crippen molar-refractivity contribution in [2.75, 3.05) is 0 Å². The lowest BCUT2D eigenvalue weighted by atomic mass is 10.2. The third kappa shape index (κ3) is 1.81. The molecule has 22 heavy (non-hydrogen) atoms. The zero-order valence-corrected chi connectivity index (χ0v) is 11.8. The summed E-state index contributed by atoms with van der Waals surface area (Å²) < 4.78 is 0. The topological polar surface area (TPSA) is 59.7 Å². The van der Waals surface area contributed by atoms with Crippen LogP contribution in [0, 0.1) is 10.7 Å². The van der Waals surface area contributed by atoms with Gasteiger partial charge in [0.25, 0.3) is 0 Å². The Hall–Kier alpha value is -3.01.